The molecule has 2 nitrogen and oxygen atoms in total. The van der Waals surface area contributed by atoms with Gasteiger partial charge in [0.25, 0.3) is 0 Å². The maximum Gasteiger partial charge on any atom is 0.395 e. The van der Waals surface area contributed by atoms with Gasteiger partial charge in [-0.15, -0.1) is 0 Å². The minimum Gasteiger partial charge on any atom is -0.391 e. The summed E-state index contributed by atoms with van der Waals surface area (Å²) in [4.78, 5) is 0. The minimum absolute atomic E-state index is 0.0458. The summed E-state index contributed by atoms with van der Waals surface area (Å²) >= 11 is 0. The summed E-state index contributed by atoms with van der Waals surface area (Å²) in [6, 6.07) is 0. The molecule has 0 aromatic carbocycles. The van der Waals surface area contributed by atoms with Crippen LogP contribution < -0.4 is 5.32 Å². The Balaban J connectivity index is 2.55. The van der Waals surface area contributed by atoms with Crippen LogP contribution in [0, 0.1) is 5.92 Å². The number of aliphatic hydroxyl groups is 1. The normalized spacial score (nSPS) is 34.8. The first-order valence-electron chi connectivity index (χ1n) is 2.97. The largest absolute Gasteiger partial charge is 0.395 e. The zero-order valence-electron chi connectivity index (χ0n) is 5.15. The fourth-order valence-electron chi connectivity index (χ4n) is 0.999. The minimum atomic E-state index is -4.26. The van der Waals surface area contributed by atoms with E-state index in [9.17, 15) is 13.2 Å². The maximum atomic E-state index is 11.8. The van der Waals surface area contributed by atoms with E-state index in [1.54, 1.807) is 0 Å². The zero-order chi connectivity index (χ0) is 7.78. The molecule has 1 aliphatic heterocycles. The number of β-amino-alcohol motifs (C(OH)–C–C–N with tert-alkyl or cyclic N) is 1. The van der Waals surface area contributed by atoms with Crippen LogP contribution in [-0.4, -0.2) is 30.5 Å². The van der Waals surface area contributed by atoms with Crippen molar-refractivity contribution in [2.45, 2.75) is 12.3 Å². The molecule has 2 unspecified atom stereocenters. The number of rotatable bonds is 0. The van der Waals surface area contributed by atoms with Gasteiger partial charge in [-0.2, -0.15) is 13.2 Å². The van der Waals surface area contributed by atoms with Crippen LogP contribution in [0.2, 0.25) is 0 Å². The van der Waals surface area contributed by atoms with E-state index in [-0.39, 0.29) is 13.1 Å². The highest BCUT2D eigenvalue weighted by Gasteiger charge is 2.46. The van der Waals surface area contributed by atoms with Crippen molar-refractivity contribution in [1.29, 1.82) is 0 Å². The molecule has 2 N–H and O–H groups in total. The van der Waals surface area contributed by atoms with Crippen molar-refractivity contribution >= 4 is 0 Å². The number of aliphatic hydroxyl groups excluding tert-OH is 1. The van der Waals surface area contributed by atoms with Crippen LogP contribution in [0.25, 0.3) is 0 Å². The van der Waals surface area contributed by atoms with Crippen LogP contribution in [0.5, 0.6) is 0 Å². The van der Waals surface area contributed by atoms with Crippen molar-refractivity contribution in [3.8, 4) is 0 Å². The molecule has 0 aliphatic carbocycles. The van der Waals surface area contributed by atoms with Crippen molar-refractivity contribution in [2.24, 2.45) is 5.92 Å². The van der Waals surface area contributed by atoms with E-state index in [0.29, 0.717) is 0 Å². The lowest BCUT2D eigenvalue weighted by Crippen LogP contribution is -2.32. The fourth-order valence-corrected chi connectivity index (χ4v) is 0.999. The first-order chi connectivity index (χ1) is 4.52. The zero-order valence-corrected chi connectivity index (χ0v) is 5.15. The van der Waals surface area contributed by atoms with Gasteiger partial charge in [0.15, 0.2) is 0 Å². The van der Waals surface area contributed by atoms with Crippen molar-refractivity contribution in [2.75, 3.05) is 13.1 Å². The Hall–Kier alpha value is -0.290. The van der Waals surface area contributed by atoms with Gasteiger partial charge < -0.3 is 10.4 Å². The van der Waals surface area contributed by atoms with Crippen LogP contribution in [0.15, 0.2) is 0 Å². The summed E-state index contributed by atoms with van der Waals surface area (Å²) in [5.74, 6) is -1.58. The highest BCUT2D eigenvalue weighted by Crippen LogP contribution is 2.30. The van der Waals surface area contributed by atoms with Crippen LogP contribution in [0.1, 0.15) is 0 Å². The first-order valence-corrected chi connectivity index (χ1v) is 2.97. The molecule has 1 fully saturated rings. The Kier molecular flexibility index (Phi) is 1.87. The molecule has 60 valence electrons. The average molecular weight is 155 g/mol. The lowest BCUT2D eigenvalue weighted by Gasteiger charge is -2.16. The second-order valence-electron chi connectivity index (χ2n) is 2.37. The molecular weight excluding hydrogens is 147 g/mol. The molecule has 1 heterocycles. The number of nitrogens with one attached hydrogen (secondary N) is 1. The molecule has 0 aromatic rings. The molecule has 1 rings (SSSR count). The van der Waals surface area contributed by atoms with Gasteiger partial charge >= 0.3 is 6.18 Å². The number of hydrogen-bond acceptors (Lipinski definition) is 2. The van der Waals surface area contributed by atoms with Gasteiger partial charge in [-0.3, -0.25) is 0 Å². The SMILES string of the molecule is OC1CNCC1C(F)(F)F. The molecule has 1 aliphatic rings. The van der Waals surface area contributed by atoms with Crippen LogP contribution in [-0.2, 0) is 0 Å². The van der Waals surface area contributed by atoms with Gasteiger partial charge in [0, 0.05) is 13.1 Å². The molecule has 2 atom stereocenters. The number of halogens is 3. The van der Waals surface area contributed by atoms with Gasteiger partial charge in [-0.05, 0) is 0 Å². The van der Waals surface area contributed by atoms with Gasteiger partial charge in [0.05, 0.1) is 12.0 Å². The molecule has 5 heteroatoms. The Morgan fingerprint density at radius 1 is 1.30 bits per heavy atom. The number of alkyl halides is 3. The highest BCUT2D eigenvalue weighted by molar-refractivity contribution is 4.85. The Morgan fingerprint density at radius 2 is 1.90 bits per heavy atom. The lowest BCUT2D eigenvalue weighted by atomic mass is 10.1. The molecule has 0 amide bonds. The Bertz CT molecular complexity index is 125. The smallest absolute Gasteiger partial charge is 0.391 e. The second kappa shape index (κ2) is 2.39. The molecule has 0 spiro atoms. The summed E-state index contributed by atoms with van der Waals surface area (Å²) in [6.07, 6.45) is -5.52. The molecule has 1 saturated heterocycles. The van der Waals surface area contributed by atoms with Crippen LogP contribution >= 0.6 is 0 Å². The standard InChI is InChI=1S/C5H8F3NO/c6-5(7,8)3-1-9-2-4(3)10/h3-4,9-10H,1-2H2. The molecule has 0 bridgehead atoms. The quantitative estimate of drug-likeness (QED) is 0.521. The predicted molar refractivity (Wildman–Crippen MR) is 28.4 cm³/mol. The molecule has 0 saturated carbocycles. The Morgan fingerprint density at radius 3 is 2.10 bits per heavy atom. The van der Waals surface area contributed by atoms with E-state index >= 15 is 0 Å². The third kappa shape index (κ3) is 1.41. The van der Waals surface area contributed by atoms with Crippen molar-refractivity contribution in [1.82, 2.24) is 5.32 Å². The van der Waals surface area contributed by atoms with E-state index in [2.05, 4.69) is 5.32 Å². The Labute approximate surface area is 56.0 Å². The highest BCUT2D eigenvalue weighted by atomic mass is 19.4. The van der Waals surface area contributed by atoms with Gasteiger partial charge in [-0.1, -0.05) is 0 Å². The van der Waals surface area contributed by atoms with Crippen molar-refractivity contribution in [3.63, 3.8) is 0 Å². The van der Waals surface area contributed by atoms with E-state index in [0.717, 1.165) is 0 Å². The summed E-state index contributed by atoms with van der Waals surface area (Å²) in [5.41, 5.74) is 0. The third-order valence-electron chi connectivity index (χ3n) is 1.60. The van der Waals surface area contributed by atoms with Crippen LogP contribution in [0.4, 0.5) is 13.2 Å². The fraction of sp³-hybridized carbons (Fsp3) is 1.00. The second-order valence-corrected chi connectivity index (χ2v) is 2.37. The molecule has 0 radical (unpaired) electrons. The molecular formula is C5H8F3NO. The van der Waals surface area contributed by atoms with Gasteiger partial charge in [0.1, 0.15) is 0 Å². The van der Waals surface area contributed by atoms with Crippen molar-refractivity contribution < 1.29 is 18.3 Å². The summed E-state index contributed by atoms with van der Waals surface area (Å²) in [5, 5.41) is 11.2. The van der Waals surface area contributed by atoms with Crippen molar-refractivity contribution in [3.05, 3.63) is 0 Å². The average Bonchev–Trinajstić information content (AvgIpc) is 2.11. The lowest BCUT2D eigenvalue weighted by molar-refractivity contribution is -0.187. The third-order valence-corrected chi connectivity index (χ3v) is 1.60. The summed E-state index contributed by atoms with van der Waals surface area (Å²) in [6.45, 7) is -0.116. The van der Waals surface area contributed by atoms with E-state index in [4.69, 9.17) is 5.11 Å². The number of hydrogen-bond donors (Lipinski definition) is 2. The monoisotopic (exact) mass is 155 g/mol. The first kappa shape index (κ1) is 7.81. The van der Waals surface area contributed by atoms with Gasteiger partial charge in [0.2, 0.25) is 0 Å². The summed E-state index contributed by atoms with van der Waals surface area (Å²) in [7, 11) is 0. The summed E-state index contributed by atoms with van der Waals surface area (Å²) < 4.78 is 35.4. The van der Waals surface area contributed by atoms with Gasteiger partial charge in [-0.25, -0.2) is 0 Å². The maximum absolute atomic E-state index is 11.8. The topological polar surface area (TPSA) is 32.3 Å². The van der Waals surface area contributed by atoms with Crippen LogP contribution in [0.3, 0.4) is 0 Å². The van der Waals surface area contributed by atoms with E-state index < -0.39 is 18.2 Å². The van der Waals surface area contributed by atoms with E-state index in [1.165, 1.54) is 0 Å². The molecule has 0 aromatic heterocycles. The van der Waals surface area contributed by atoms with E-state index in [1.807, 2.05) is 0 Å². The predicted octanol–water partition coefficient (Wildman–Crippen LogP) is 0.129. The molecule has 10 heavy (non-hydrogen) atoms.